The van der Waals surface area contributed by atoms with Gasteiger partial charge in [0.05, 0.1) is 11.1 Å². The molecule has 0 aromatic heterocycles. The fourth-order valence-corrected chi connectivity index (χ4v) is 1.65. The van der Waals surface area contributed by atoms with Crippen molar-refractivity contribution in [3.63, 3.8) is 0 Å². The third-order valence-electron chi connectivity index (χ3n) is 2.57. The lowest BCUT2D eigenvalue weighted by molar-refractivity contribution is 0.0653. The van der Waals surface area contributed by atoms with E-state index in [1.165, 1.54) is 18.2 Å². The molecular weight excluding hydrogens is 220 g/mol. The second kappa shape index (κ2) is 3.64. The van der Waals surface area contributed by atoms with Crippen LogP contribution in [0, 0.1) is 0 Å². The first-order valence-corrected chi connectivity index (χ1v) is 4.91. The Balaban J connectivity index is 2.54. The summed E-state index contributed by atoms with van der Waals surface area (Å²) in [6, 6.07) is 4.29. The van der Waals surface area contributed by atoms with Crippen LogP contribution in [0.5, 0.6) is 0 Å². The molecule has 5 nitrogen and oxygen atoms in total. The van der Waals surface area contributed by atoms with Crippen LogP contribution < -0.4 is 5.84 Å². The average Bonchev–Trinajstić information content (AvgIpc) is 2.53. The number of ketones is 1. The number of rotatable bonds is 2. The molecule has 0 saturated carbocycles. The van der Waals surface area contributed by atoms with Crippen LogP contribution >= 0.6 is 0 Å². The predicted octanol–water partition coefficient (Wildman–Crippen LogP) is 0.915. The minimum absolute atomic E-state index is 0.157. The summed E-state index contributed by atoms with van der Waals surface area (Å²) < 4.78 is 0. The second-order valence-electron chi connectivity index (χ2n) is 3.85. The van der Waals surface area contributed by atoms with E-state index in [1.54, 1.807) is 6.92 Å². The minimum Gasteiger partial charge on any atom is -0.289 e. The van der Waals surface area contributed by atoms with Crippen molar-refractivity contribution >= 4 is 17.6 Å². The molecule has 0 aliphatic carbocycles. The van der Waals surface area contributed by atoms with E-state index in [2.05, 4.69) is 6.58 Å². The summed E-state index contributed by atoms with van der Waals surface area (Å²) in [5.41, 5.74) is 1.07. The number of carbonyl (C=O) groups excluding carboxylic acids is 3. The quantitative estimate of drug-likeness (QED) is 0.269. The summed E-state index contributed by atoms with van der Waals surface area (Å²) in [5, 5.41) is 0.541. The van der Waals surface area contributed by atoms with Gasteiger partial charge in [0.15, 0.2) is 5.78 Å². The van der Waals surface area contributed by atoms with Gasteiger partial charge in [0.2, 0.25) is 0 Å². The lowest BCUT2D eigenvalue weighted by Crippen LogP contribution is -2.36. The van der Waals surface area contributed by atoms with E-state index in [4.69, 9.17) is 5.84 Å². The standard InChI is InChI=1S/C12H10N2O3/c1-6(2)10(15)7-3-4-8-9(5-7)12(17)14(13)11(8)16/h3-5H,1,13H2,2H3. The third-order valence-corrected chi connectivity index (χ3v) is 2.57. The molecule has 0 atom stereocenters. The Morgan fingerprint density at radius 1 is 1.24 bits per heavy atom. The zero-order valence-electron chi connectivity index (χ0n) is 9.19. The molecular formula is C12H10N2O3. The lowest BCUT2D eigenvalue weighted by atomic mass is 10.0. The van der Waals surface area contributed by atoms with Gasteiger partial charge in [-0.25, -0.2) is 10.9 Å². The second-order valence-corrected chi connectivity index (χ2v) is 3.85. The van der Waals surface area contributed by atoms with Gasteiger partial charge in [0.1, 0.15) is 0 Å². The maximum absolute atomic E-state index is 11.7. The summed E-state index contributed by atoms with van der Waals surface area (Å²) in [7, 11) is 0. The molecule has 0 bridgehead atoms. The van der Waals surface area contributed by atoms with Gasteiger partial charge >= 0.3 is 0 Å². The van der Waals surface area contributed by atoms with E-state index >= 15 is 0 Å². The van der Waals surface area contributed by atoms with Crippen LogP contribution in [0.1, 0.15) is 38.0 Å². The number of hydrogen-bond acceptors (Lipinski definition) is 4. The van der Waals surface area contributed by atoms with Gasteiger partial charge in [-0.3, -0.25) is 14.4 Å². The smallest absolute Gasteiger partial charge is 0.275 e. The van der Waals surface area contributed by atoms with Crippen LogP contribution in [-0.2, 0) is 0 Å². The summed E-state index contributed by atoms with van der Waals surface area (Å²) in [5.74, 6) is 3.88. The lowest BCUT2D eigenvalue weighted by Gasteiger charge is -2.02. The number of Topliss-reactive ketones (excluding diaryl/α,β-unsaturated/α-hetero) is 1. The molecule has 2 amide bonds. The highest BCUT2D eigenvalue weighted by molar-refractivity contribution is 6.22. The van der Waals surface area contributed by atoms with Crippen molar-refractivity contribution in [1.29, 1.82) is 0 Å². The van der Waals surface area contributed by atoms with Crippen molar-refractivity contribution in [3.05, 3.63) is 47.0 Å². The van der Waals surface area contributed by atoms with Crippen molar-refractivity contribution in [1.82, 2.24) is 5.01 Å². The van der Waals surface area contributed by atoms with E-state index in [9.17, 15) is 14.4 Å². The molecule has 0 radical (unpaired) electrons. The van der Waals surface area contributed by atoms with Crippen LogP contribution in [0.2, 0.25) is 0 Å². The maximum atomic E-state index is 11.7. The predicted molar refractivity (Wildman–Crippen MR) is 60.3 cm³/mol. The topological polar surface area (TPSA) is 80.5 Å². The van der Waals surface area contributed by atoms with E-state index < -0.39 is 11.8 Å². The zero-order chi connectivity index (χ0) is 12.7. The highest BCUT2D eigenvalue weighted by atomic mass is 16.2. The number of hydrogen-bond donors (Lipinski definition) is 1. The number of carbonyl (C=O) groups is 3. The maximum Gasteiger partial charge on any atom is 0.275 e. The van der Waals surface area contributed by atoms with E-state index in [1.807, 2.05) is 0 Å². The zero-order valence-corrected chi connectivity index (χ0v) is 9.19. The molecule has 2 rings (SSSR count). The van der Waals surface area contributed by atoms with Gasteiger partial charge in [-0.05, 0) is 24.6 Å². The molecule has 0 saturated heterocycles. The Bertz CT molecular complexity index is 575. The number of amides is 2. The van der Waals surface area contributed by atoms with Gasteiger partial charge in [0.25, 0.3) is 11.8 Å². The molecule has 2 N–H and O–H groups in total. The van der Waals surface area contributed by atoms with Crippen LogP contribution in [0.15, 0.2) is 30.4 Å². The molecule has 0 unspecified atom stereocenters. The fourth-order valence-electron chi connectivity index (χ4n) is 1.65. The van der Waals surface area contributed by atoms with Gasteiger partial charge in [-0.1, -0.05) is 12.6 Å². The highest BCUT2D eigenvalue weighted by Gasteiger charge is 2.34. The molecule has 86 valence electrons. The molecule has 0 fully saturated rings. The van der Waals surface area contributed by atoms with Crippen molar-refractivity contribution in [2.45, 2.75) is 6.92 Å². The molecule has 1 heterocycles. The number of nitrogens with two attached hydrogens (primary N) is 1. The fraction of sp³-hybridized carbons (Fsp3) is 0.0833. The first-order chi connectivity index (χ1) is 7.93. The number of allylic oxidation sites excluding steroid dienone is 1. The van der Waals surface area contributed by atoms with Crippen LogP contribution in [0.4, 0.5) is 0 Å². The Morgan fingerprint density at radius 3 is 2.41 bits per heavy atom. The van der Waals surface area contributed by atoms with Crippen LogP contribution in [0.3, 0.4) is 0 Å². The minimum atomic E-state index is -0.596. The normalized spacial score (nSPS) is 13.9. The number of hydrazine groups is 1. The molecule has 1 aromatic rings. The molecule has 1 aromatic carbocycles. The monoisotopic (exact) mass is 230 g/mol. The van der Waals surface area contributed by atoms with Gasteiger partial charge in [0, 0.05) is 5.56 Å². The average molecular weight is 230 g/mol. The Labute approximate surface area is 97.5 Å². The summed E-state index contributed by atoms with van der Waals surface area (Å²) in [6.07, 6.45) is 0. The summed E-state index contributed by atoms with van der Waals surface area (Å²) >= 11 is 0. The Morgan fingerprint density at radius 2 is 1.82 bits per heavy atom. The Kier molecular flexibility index (Phi) is 2.40. The number of benzene rings is 1. The molecule has 17 heavy (non-hydrogen) atoms. The van der Waals surface area contributed by atoms with Gasteiger partial charge in [-0.15, -0.1) is 0 Å². The SMILES string of the molecule is C=C(C)C(=O)c1ccc2c(c1)C(=O)N(N)C2=O. The van der Waals surface area contributed by atoms with Crippen LogP contribution in [-0.4, -0.2) is 22.6 Å². The van der Waals surface area contributed by atoms with Crippen molar-refractivity contribution in [2.75, 3.05) is 0 Å². The van der Waals surface area contributed by atoms with Crippen molar-refractivity contribution < 1.29 is 14.4 Å². The van der Waals surface area contributed by atoms with E-state index in [0.29, 0.717) is 16.1 Å². The first kappa shape index (κ1) is 11.2. The largest absolute Gasteiger partial charge is 0.289 e. The summed E-state index contributed by atoms with van der Waals surface area (Å²) in [4.78, 5) is 34.8. The number of fused-ring (bicyclic) bond motifs is 1. The van der Waals surface area contributed by atoms with Crippen molar-refractivity contribution in [3.8, 4) is 0 Å². The molecule has 1 aliphatic rings. The van der Waals surface area contributed by atoms with E-state index in [-0.39, 0.29) is 16.9 Å². The van der Waals surface area contributed by atoms with Gasteiger partial charge < -0.3 is 0 Å². The Hall–Kier alpha value is -2.27. The number of nitrogens with zero attached hydrogens (tertiary/aromatic N) is 1. The molecule has 1 aliphatic heterocycles. The highest BCUT2D eigenvalue weighted by Crippen LogP contribution is 2.22. The third kappa shape index (κ3) is 1.57. The molecule has 5 heteroatoms. The number of imide groups is 1. The van der Waals surface area contributed by atoms with Crippen LogP contribution in [0.25, 0.3) is 0 Å². The summed E-state index contributed by atoms with van der Waals surface area (Å²) in [6.45, 7) is 5.12. The molecule has 0 spiro atoms. The van der Waals surface area contributed by atoms with E-state index in [0.717, 1.165) is 0 Å². The first-order valence-electron chi connectivity index (χ1n) is 4.91. The van der Waals surface area contributed by atoms with Crippen molar-refractivity contribution in [2.24, 2.45) is 5.84 Å². The van der Waals surface area contributed by atoms with Gasteiger partial charge in [-0.2, -0.15) is 0 Å².